The van der Waals surface area contributed by atoms with Crippen LogP contribution in [0, 0.1) is 0 Å². The number of para-hydroxylation sites is 1. The number of carbonyl (C=O) groups is 2. The molecule has 4 rings (SSSR count). The minimum absolute atomic E-state index is 0.156. The van der Waals surface area contributed by atoms with Crippen LogP contribution in [-0.4, -0.2) is 24.3 Å². The summed E-state index contributed by atoms with van der Waals surface area (Å²) < 4.78 is 22.7. The minimum Gasteiger partial charge on any atom is -0.489 e. The van der Waals surface area contributed by atoms with Crippen LogP contribution in [0.25, 0.3) is 22.3 Å². The molecule has 7 heteroatoms. The number of rotatable bonds is 9. The number of hydrogen-bond acceptors (Lipinski definition) is 6. The van der Waals surface area contributed by atoms with Crippen LogP contribution in [0.2, 0.25) is 0 Å². The third-order valence-electron chi connectivity index (χ3n) is 5.69. The molecule has 0 aliphatic carbocycles. The van der Waals surface area contributed by atoms with Crippen molar-refractivity contribution >= 4 is 23.0 Å². The summed E-state index contributed by atoms with van der Waals surface area (Å²) in [5, 5.41) is 3.74. The number of amides is 1. The number of esters is 1. The summed E-state index contributed by atoms with van der Waals surface area (Å²) in [7, 11) is 0. The average Bonchev–Trinajstić information content (AvgIpc) is 3.32. The standard InChI is InChI=1S/C31H33NO6/c1-5-35-29(33)17-23-11-6-7-14-26(23)36-20-24-13-9-15-27-25(24)18-28(37-27)22-12-8-10-21(16-22)19-32-30(34)38-31(2,3)4/h6-16,18H,5,17,19-20H2,1-4H3,(H,32,34). The molecule has 0 atom stereocenters. The fourth-order valence-corrected chi connectivity index (χ4v) is 4.03. The second-order valence-electron chi connectivity index (χ2n) is 9.87. The van der Waals surface area contributed by atoms with Crippen molar-refractivity contribution < 1.29 is 28.2 Å². The van der Waals surface area contributed by atoms with E-state index in [1.54, 1.807) is 6.92 Å². The van der Waals surface area contributed by atoms with Gasteiger partial charge in [-0.1, -0.05) is 48.5 Å². The Bertz CT molecular complexity index is 1420. The van der Waals surface area contributed by atoms with Gasteiger partial charge in [0.25, 0.3) is 0 Å². The van der Waals surface area contributed by atoms with Crippen LogP contribution >= 0.6 is 0 Å². The van der Waals surface area contributed by atoms with Crippen molar-refractivity contribution in [3.8, 4) is 17.1 Å². The third kappa shape index (κ3) is 7.16. The molecule has 0 radical (unpaired) electrons. The van der Waals surface area contributed by atoms with Gasteiger partial charge < -0.3 is 23.9 Å². The molecule has 1 amide bonds. The number of fused-ring (bicyclic) bond motifs is 1. The Kier molecular flexibility index (Phi) is 8.36. The monoisotopic (exact) mass is 515 g/mol. The Balaban J connectivity index is 1.49. The maximum atomic E-state index is 12.0. The van der Waals surface area contributed by atoms with Crippen molar-refractivity contribution in [3.63, 3.8) is 0 Å². The van der Waals surface area contributed by atoms with Crippen molar-refractivity contribution in [3.05, 3.63) is 89.5 Å². The zero-order valence-corrected chi connectivity index (χ0v) is 22.2. The number of benzene rings is 3. The topological polar surface area (TPSA) is 87.0 Å². The van der Waals surface area contributed by atoms with Gasteiger partial charge in [-0.15, -0.1) is 0 Å². The van der Waals surface area contributed by atoms with Crippen molar-refractivity contribution in [2.45, 2.75) is 52.9 Å². The van der Waals surface area contributed by atoms with E-state index in [0.29, 0.717) is 31.3 Å². The molecule has 0 aliphatic heterocycles. The first-order valence-electron chi connectivity index (χ1n) is 12.7. The van der Waals surface area contributed by atoms with Crippen LogP contribution in [0.3, 0.4) is 0 Å². The van der Waals surface area contributed by atoms with Crippen molar-refractivity contribution in [2.24, 2.45) is 0 Å². The largest absolute Gasteiger partial charge is 0.489 e. The highest BCUT2D eigenvalue weighted by atomic mass is 16.6. The lowest BCUT2D eigenvalue weighted by Gasteiger charge is -2.19. The van der Waals surface area contributed by atoms with Crippen molar-refractivity contribution in [2.75, 3.05) is 6.61 Å². The summed E-state index contributed by atoms with van der Waals surface area (Å²) in [6, 6.07) is 23.1. The second-order valence-corrected chi connectivity index (χ2v) is 9.87. The van der Waals surface area contributed by atoms with Gasteiger partial charge in [0.1, 0.15) is 29.3 Å². The quantitative estimate of drug-likeness (QED) is 0.247. The molecule has 198 valence electrons. The molecule has 0 fully saturated rings. The number of nitrogens with one attached hydrogen (secondary N) is 1. The van der Waals surface area contributed by atoms with Gasteiger partial charge in [-0.05, 0) is 57.5 Å². The average molecular weight is 516 g/mol. The first-order valence-corrected chi connectivity index (χ1v) is 12.7. The molecular formula is C31H33NO6. The lowest BCUT2D eigenvalue weighted by Crippen LogP contribution is -2.32. The van der Waals surface area contributed by atoms with E-state index in [1.807, 2.05) is 93.6 Å². The summed E-state index contributed by atoms with van der Waals surface area (Å²) in [6.45, 7) is 8.28. The van der Waals surface area contributed by atoms with Crippen LogP contribution in [-0.2, 0) is 33.8 Å². The molecule has 1 heterocycles. The van der Waals surface area contributed by atoms with Gasteiger partial charge in [0.05, 0.1) is 13.0 Å². The molecule has 0 spiro atoms. The third-order valence-corrected chi connectivity index (χ3v) is 5.69. The van der Waals surface area contributed by atoms with Gasteiger partial charge in [0, 0.05) is 28.6 Å². The first kappa shape index (κ1) is 26.8. The molecule has 1 aromatic heterocycles. The molecular weight excluding hydrogens is 482 g/mol. The Morgan fingerprint density at radius 1 is 0.921 bits per heavy atom. The van der Waals surface area contributed by atoms with E-state index in [4.69, 9.17) is 18.6 Å². The SMILES string of the molecule is CCOC(=O)Cc1ccccc1OCc1cccc2oc(-c3cccc(CNC(=O)OC(C)(C)C)c3)cc12. The second kappa shape index (κ2) is 11.9. The van der Waals surface area contributed by atoms with E-state index in [1.165, 1.54) is 0 Å². The number of ether oxygens (including phenoxy) is 3. The van der Waals surface area contributed by atoms with E-state index >= 15 is 0 Å². The van der Waals surface area contributed by atoms with Crippen LogP contribution in [0.4, 0.5) is 4.79 Å². The summed E-state index contributed by atoms with van der Waals surface area (Å²) in [4.78, 5) is 24.0. The zero-order valence-electron chi connectivity index (χ0n) is 22.2. The highest BCUT2D eigenvalue weighted by Crippen LogP contribution is 2.31. The van der Waals surface area contributed by atoms with Crippen molar-refractivity contribution in [1.29, 1.82) is 0 Å². The van der Waals surface area contributed by atoms with Crippen LogP contribution in [0.1, 0.15) is 44.4 Å². The van der Waals surface area contributed by atoms with Gasteiger partial charge >= 0.3 is 12.1 Å². The van der Waals surface area contributed by atoms with E-state index < -0.39 is 11.7 Å². The summed E-state index contributed by atoms with van der Waals surface area (Å²) in [5.41, 5.74) is 3.77. The van der Waals surface area contributed by atoms with E-state index in [9.17, 15) is 9.59 Å². The fourth-order valence-electron chi connectivity index (χ4n) is 4.03. The molecule has 3 aromatic carbocycles. The predicted molar refractivity (Wildman–Crippen MR) is 146 cm³/mol. The van der Waals surface area contributed by atoms with Crippen LogP contribution < -0.4 is 10.1 Å². The molecule has 0 saturated carbocycles. The molecule has 1 N–H and O–H groups in total. The maximum absolute atomic E-state index is 12.0. The molecule has 38 heavy (non-hydrogen) atoms. The predicted octanol–water partition coefficient (Wildman–Crippen LogP) is 6.81. The lowest BCUT2D eigenvalue weighted by molar-refractivity contribution is -0.142. The first-order chi connectivity index (χ1) is 18.2. The highest BCUT2D eigenvalue weighted by Gasteiger charge is 2.16. The molecule has 0 saturated heterocycles. The molecule has 0 bridgehead atoms. The maximum Gasteiger partial charge on any atom is 0.407 e. The normalized spacial score (nSPS) is 11.3. The van der Waals surface area contributed by atoms with Crippen LogP contribution in [0.5, 0.6) is 5.75 Å². The van der Waals surface area contributed by atoms with Gasteiger partial charge in [-0.2, -0.15) is 0 Å². The van der Waals surface area contributed by atoms with Gasteiger partial charge in [0.15, 0.2) is 0 Å². The Labute approximate surface area is 222 Å². The zero-order chi connectivity index (χ0) is 27.1. The van der Waals surface area contributed by atoms with E-state index in [2.05, 4.69) is 5.32 Å². The molecule has 4 aromatic rings. The minimum atomic E-state index is -0.551. The number of alkyl carbamates (subject to hydrolysis) is 1. The Hall–Kier alpha value is -4.26. The van der Waals surface area contributed by atoms with Gasteiger partial charge in [-0.3, -0.25) is 4.79 Å². The highest BCUT2D eigenvalue weighted by molar-refractivity contribution is 5.86. The number of carbonyl (C=O) groups excluding carboxylic acids is 2. The summed E-state index contributed by atoms with van der Waals surface area (Å²) in [6.07, 6.45) is -0.302. The van der Waals surface area contributed by atoms with E-state index in [0.717, 1.165) is 33.2 Å². The number of hydrogen-bond donors (Lipinski definition) is 1. The lowest BCUT2D eigenvalue weighted by atomic mass is 10.1. The Morgan fingerprint density at radius 2 is 1.68 bits per heavy atom. The summed E-state index contributed by atoms with van der Waals surface area (Å²) >= 11 is 0. The molecule has 0 unspecified atom stereocenters. The Morgan fingerprint density at radius 3 is 2.47 bits per heavy atom. The fraction of sp³-hybridized carbons (Fsp3) is 0.290. The van der Waals surface area contributed by atoms with Gasteiger partial charge in [-0.25, -0.2) is 4.79 Å². The summed E-state index contributed by atoms with van der Waals surface area (Å²) in [5.74, 6) is 1.08. The number of furan rings is 1. The smallest absolute Gasteiger partial charge is 0.407 e. The van der Waals surface area contributed by atoms with Crippen molar-refractivity contribution in [1.82, 2.24) is 5.32 Å². The van der Waals surface area contributed by atoms with Gasteiger partial charge in [0.2, 0.25) is 0 Å². The molecule has 7 nitrogen and oxygen atoms in total. The van der Waals surface area contributed by atoms with Crippen LogP contribution in [0.15, 0.2) is 77.2 Å². The van der Waals surface area contributed by atoms with E-state index in [-0.39, 0.29) is 12.4 Å². The molecule has 0 aliphatic rings.